The number of hydrogen-bond acceptors (Lipinski definition) is 4. The predicted octanol–water partition coefficient (Wildman–Crippen LogP) is 4.25. The van der Waals surface area contributed by atoms with E-state index in [1.54, 1.807) is 39.0 Å². The summed E-state index contributed by atoms with van der Waals surface area (Å²) in [5, 5.41) is 11.5. The Morgan fingerprint density at radius 2 is 1.88 bits per heavy atom. The zero-order valence-corrected chi connectivity index (χ0v) is 18.5. The largest absolute Gasteiger partial charge is 0.497 e. The Kier molecular flexibility index (Phi) is 6.49. The molecule has 2 aromatic rings. The minimum absolute atomic E-state index is 0.0497. The number of rotatable bonds is 4. The third-order valence-electron chi connectivity index (χ3n) is 5.44. The molecule has 0 spiro atoms. The van der Waals surface area contributed by atoms with Crippen molar-refractivity contribution in [3.63, 3.8) is 0 Å². The Bertz CT molecular complexity index is 1080. The number of nitrogens with zero attached hydrogens (tertiary/aromatic N) is 2. The van der Waals surface area contributed by atoms with Gasteiger partial charge >= 0.3 is 0 Å². The lowest BCUT2D eigenvalue weighted by atomic mass is 9.86. The van der Waals surface area contributed by atoms with Crippen LogP contribution in [0.3, 0.4) is 0 Å². The summed E-state index contributed by atoms with van der Waals surface area (Å²) in [6.07, 6.45) is 0.107. The van der Waals surface area contributed by atoms with E-state index in [1.165, 1.54) is 12.0 Å². The van der Waals surface area contributed by atoms with Crippen LogP contribution in [0, 0.1) is 23.0 Å². The Hall–Kier alpha value is -3.47. The molecule has 0 aliphatic carbocycles. The van der Waals surface area contributed by atoms with Gasteiger partial charge in [-0.05, 0) is 47.2 Å². The molecule has 1 N–H and O–H groups in total. The Labute approximate surface area is 185 Å². The molecule has 0 saturated heterocycles. The van der Waals surface area contributed by atoms with E-state index in [-0.39, 0.29) is 24.2 Å². The van der Waals surface area contributed by atoms with E-state index in [0.29, 0.717) is 17.7 Å². The van der Waals surface area contributed by atoms with Crippen LogP contribution in [0.4, 0.5) is 14.5 Å². The molecule has 3 rings (SSSR count). The maximum atomic E-state index is 14.6. The summed E-state index contributed by atoms with van der Waals surface area (Å²) >= 11 is 0. The number of halogens is 2. The van der Waals surface area contributed by atoms with Gasteiger partial charge in [-0.2, -0.15) is 5.26 Å². The average Bonchev–Trinajstić information content (AvgIpc) is 2.70. The van der Waals surface area contributed by atoms with E-state index in [4.69, 9.17) is 10.00 Å². The average molecular weight is 441 g/mol. The third kappa shape index (κ3) is 4.57. The molecule has 1 atom stereocenters. The zero-order chi connectivity index (χ0) is 23.6. The van der Waals surface area contributed by atoms with Gasteiger partial charge < -0.3 is 15.0 Å². The number of ether oxygens (including phenoxy) is 1. The van der Waals surface area contributed by atoms with Crippen LogP contribution in [0.15, 0.2) is 30.3 Å². The van der Waals surface area contributed by atoms with Crippen molar-refractivity contribution in [3.05, 3.63) is 58.7 Å². The third-order valence-corrected chi connectivity index (χ3v) is 5.44. The fourth-order valence-corrected chi connectivity index (χ4v) is 4.02. The summed E-state index contributed by atoms with van der Waals surface area (Å²) in [5.41, 5.74) is 0.528. The molecule has 8 heteroatoms. The van der Waals surface area contributed by atoms with Crippen molar-refractivity contribution in [2.75, 3.05) is 19.0 Å². The van der Waals surface area contributed by atoms with Gasteiger partial charge in [-0.15, -0.1) is 0 Å². The maximum Gasteiger partial charge on any atom is 0.251 e. The fourth-order valence-electron chi connectivity index (χ4n) is 4.02. The molecule has 1 aliphatic rings. The van der Waals surface area contributed by atoms with Crippen LogP contribution in [-0.2, 0) is 21.4 Å². The van der Waals surface area contributed by atoms with E-state index in [0.717, 1.165) is 17.7 Å². The molecule has 0 radical (unpaired) electrons. The molecule has 2 amide bonds. The van der Waals surface area contributed by atoms with Gasteiger partial charge in [0.05, 0.1) is 13.2 Å². The topological polar surface area (TPSA) is 82.4 Å². The van der Waals surface area contributed by atoms with Gasteiger partial charge in [0.25, 0.3) is 5.91 Å². The number of hydrogen-bond donors (Lipinski definition) is 1. The molecule has 0 saturated carbocycles. The molecule has 0 bridgehead atoms. The van der Waals surface area contributed by atoms with Crippen molar-refractivity contribution in [1.29, 1.82) is 5.26 Å². The van der Waals surface area contributed by atoms with Crippen LogP contribution in [0.1, 0.15) is 49.9 Å². The van der Waals surface area contributed by atoms with Gasteiger partial charge in [0.2, 0.25) is 5.91 Å². The van der Waals surface area contributed by atoms with E-state index >= 15 is 0 Å². The first-order valence-electron chi connectivity index (χ1n) is 10.2. The van der Waals surface area contributed by atoms with Crippen molar-refractivity contribution >= 4 is 17.5 Å². The Morgan fingerprint density at radius 1 is 1.22 bits per heavy atom. The maximum absolute atomic E-state index is 14.6. The highest BCUT2D eigenvalue weighted by atomic mass is 19.1. The number of carbonyl (C=O) groups is 2. The van der Waals surface area contributed by atoms with E-state index in [1.807, 2.05) is 6.07 Å². The van der Waals surface area contributed by atoms with Crippen LogP contribution in [-0.4, -0.2) is 30.4 Å². The van der Waals surface area contributed by atoms with Gasteiger partial charge in [-0.1, -0.05) is 26.8 Å². The first-order valence-corrected chi connectivity index (χ1v) is 10.2. The number of carbonyl (C=O) groups excluding carboxylic acids is 2. The number of benzene rings is 2. The molecule has 1 heterocycles. The van der Waals surface area contributed by atoms with Gasteiger partial charge in [-0.3, -0.25) is 9.59 Å². The number of amides is 2. The minimum Gasteiger partial charge on any atom is -0.497 e. The number of fused-ring (bicyclic) bond motifs is 1. The van der Waals surface area contributed by atoms with Gasteiger partial charge in [-0.25, -0.2) is 8.78 Å². The zero-order valence-electron chi connectivity index (χ0n) is 18.5. The lowest BCUT2D eigenvalue weighted by molar-refractivity contribution is -0.138. The number of methoxy groups -OCH3 is 1. The van der Waals surface area contributed by atoms with Gasteiger partial charge in [0, 0.05) is 17.8 Å². The van der Waals surface area contributed by atoms with E-state index in [9.17, 15) is 18.4 Å². The second kappa shape index (κ2) is 8.95. The highest BCUT2D eigenvalue weighted by molar-refractivity contribution is 5.98. The van der Waals surface area contributed by atoms with Crippen LogP contribution < -0.4 is 10.1 Å². The summed E-state index contributed by atoms with van der Waals surface area (Å²) in [7, 11) is 1.53. The Balaban J connectivity index is 1.98. The highest BCUT2D eigenvalue weighted by Crippen LogP contribution is 2.35. The number of anilines is 1. The van der Waals surface area contributed by atoms with Crippen LogP contribution in [0.5, 0.6) is 5.75 Å². The molecule has 1 aliphatic heterocycles. The molecule has 6 nitrogen and oxygen atoms in total. The summed E-state index contributed by atoms with van der Waals surface area (Å²) in [5.74, 6) is -2.03. The molecule has 0 fully saturated rings. The first kappa shape index (κ1) is 23.2. The second-order valence-electron chi connectivity index (χ2n) is 8.69. The van der Waals surface area contributed by atoms with E-state index < -0.39 is 34.9 Å². The fraction of sp³-hybridized carbons (Fsp3) is 0.375. The predicted molar refractivity (Wildman–Crippen MR) is 115 cm³/mol. The molecular formula is C24H25F2N3O3. The smallest absolute Gasteiger partial charge is 0.251 e. The summed E-state index contributed by atoms with van der Waals surface area (Å²) in [6.45, 7) is 5.31. The second-order valence-corrected chi connectivity index (χ2v) is 8.69. The number of nitrogens with one attached hydrogen (secondary N) is 1. The lowest BCUT2D eigenvalue weighted by Crippen LogP contribution is -2.45. The van der Waals surface area contributed by atoms with Crippen molar-refractivity contribution < 1.29 is 23.1 Å². The van der Waals surface area contributed by atoms with Crippen LogP contribution in [0.25, 0.3) is 0 Å². The van der Waals surface area contributed by atoms with Crippen LogP contribution >= 0.6 is 0 Å². The normalized spacial score (nSPS) is 15.5. The van der Waals surface area contributed by atoms with Crippen molar-refractivity contribution in [1.82, 2.24) is 4.90 Å². The summed E-state index contributed by atoms with van der Waals surface area (Å²) in [4.78, 5) is 27.1. The Morgan fingerprint density at radius 3 is 2.44 bits per heavy atom. The van der Waals surface area contributed by atoms with Gasteiger partial charge in [0.1, 0.15) is 29.8 Å². The highest BCUT2D eigenvalue weighted by Gasteiger charge is 2.36. The molecule has 2 aromatic carbocycles. The minimum atomic E-state index is -1.04. The first-order chi connectivity index (χ1) is 15.1. The van der Waals surface area contributed by atoms with Crippen molar-refractivity contribution in [3.8, 4) is 11.8 Å². The molecular weight excluding hydrogens is 416 g/mol. The van der Waals surface area contributed by atoms with E-state index in [2.05, 4.69) is 5.32 Å². The van der Waals surface area contributed by atoms with Crippen molar-refractivity contribution in [2.24, 2.45) is 0 Å². The summed E-state index contributed by atoms with van der Waals surface area (Å²) in [6, 6.07) is 8.06. The monoisotopic (exact) mass is 441 g/mol. The van der Waals surface area contributed by atoms with Crippen LogP contribution in [0.2, 0.25) is 0 Å². The molecule has 0 aromatic heterocycles. The van der Waals surface area contributed by atoms with Crippen molar-refractivity contribution in [2.45, 2.75) is 45.1 Å². The lowest BCUT2D eigenvalue weighted by Gasteiger charge is -2.36. The standard InChI is InChI=1S/C24H25F2N3O3/c1-24(2,3)21-18(25)12-15(13-19(21)26)28-23(31)22-17-6-5-16(32-4)11-14(17)8-10-29(22)20(30)7-9-27/h5-6,11-13,22H,7-8,10H2,1-4H3,(H,28,31)/t22-/m1/s1. The molecule has 168 valence electrons. The molecule has 32 heavy (non-hydrogen) atoms. The summed E-state index contributed by atoms with van der Waals surface area (Å²) < 4.78 is 34.5. The van der Waals surface area contributed by atoms with Gasteiger partial charge in [0.15, 0.2) is 0 Å². The SMILES string of the molecule is COc1ccc2c(c1)CCN(C(=O)CC#N)[C@H]2C(=O)Nc1cc(F)c(C(C)(C)C)c(F)c1. The number of nitriles is 1. The molecule has 0 unspecified atom stereocenters. The quantitative estimate of drug-likeness (QED) is 0.769.